The maximum Gasteiger partial charge on any atom is 0.238 e. The summed E-state index contributed by atoms with van der Waals surface area (Å²) in [4.78, 5) is 25.2. The highest BCUT2D eigenvalue weighted by atomic mass is 35.5. The van der Waals surface area contributed by atoms with E-state index in [1.54, 1.807) is 12.1 Å². The molecule has 2 amide bonds. The number of thioether (sulfide) groups is 1. The van der Waals surface area contributed by atoms with Crippen molar-refractivity contribution in [1.82, 2.24) is 15.5 Å². The van der Waals surface area contributed by atoms with Crippen molar-refractivity contribution >= 4 is 46.7 Å². The minimum absolute atomic E-state index is 0.0824. The van der Waals surface area contributed by atoms with Gasteiger partial charge in [-0.1, -0.05) is 11.6 Å². The summed E-state index contributed by atoms with van der Waals surface area (Å²) in [5, 5.41) is 21.2. The Bertz CT molecular complexity index is 923. The summed E-state index contributed by atoms with van der Waals surface area (Å²) >= 11 is 7.28. The molecule has 140 valence electrons. The number of aromatic amines is 1. The van der Waals surface area contributed by atoms with E-state index >= 15 is 0 Å². The molecule has 8 nitrogen and oxygen atoms in total. The van der Waals surface area contributed by atoms with Crippen LogP contribution in [-0.2, 0) is 16.0 Å². The number of nitriles is 1. The number of hydrogen-bond acceptors (Lipinski definition) is 6. The lowest BCUT2D eigenvalue weighted by Crippen LogP contribution is -2.35. The van der Waals surface area contributed by atoms with Crippen LogP contribution in [0.25, 0.3) is 0 Å². The molecule has 27 heavy (non-hydrogen) atoms. The lowest BCUT2D eigenvalue weighted by molar-refractivity contribution is -0.124. The number of nitrogen functional groups attached to an aromatic ring is 1. The van der Waals surface area contributed by atoms with Gasteiger partial charge in [0.2, 0.25) is 11.8 Å². The number of halogens is 1. The van der Waals surface area contributed by atoms with Gasteiger partial charge in [0, 0.05) is 22.9 Å². The van der Waals surface area contributed by atoms with Crippen molar-refractivity contribution in [2.75, 3.05) is 17.6 Å². The first-order valence-corrected chi connectivity index (χ1v) is 9.50. The Labute approximate surface area is 164 Å². The highest BCUT2D eigenvalue weighted by Gasteiger charge is 2.29. The molecule has 0 spiro atoms. The maximum absolute atomic E-state index is 12.2. The topological polar surface area (TPSA) is 137 Å². The van der Waals surface area contributed by atoms with Crippen molar-refractivity contribution in [3.05, 3.63) is 34.5 Å². The Hall–Kier alpha value is -2.70. The normalized spacial score (nSPS) is 15.6. The SMILES string of the molecule is N#Cc1c(N)n[nH]c1CCCNC(=O)C[C@@H]1Sc2ccc(Cl)cc2NC1=O. The number of aryl methyl sites for hydroxylation is 1. The number of amides is 2. The van der Waals surface area contributed by atoms with E-state index in [2.05, 4.69) is 20.8 Å². The predicted molar refractivity (Wildman–Crippen MR) is 103 cm³/mol. The highest BCUT2D eigenvalue weighted by Crippen LogP contribution is 2.38. The number of anilines is 2. The lowest BCUT2D eigenvalue weighted by Gasteiger charge is -2.23. The molecule has 1 aliphatic rings. The number of carbonyl (C=O) groups is 2. The van der Waals surface area contributed by atoms with E-state index in [1.807, 2.05) is 12.1 Å². The number of rotatable bonds is 6. The van der Waals surface area contributed by atoms with E-state index in [0.717, 1.165) is 4.90 Å². The second-order valence-electron chi connectivity index (χ2n) is 5.97. The molecule has 1 aromatic carbocycles. The largest absolute Gasteiger partial charge is 0.381 e. The van der Waals surface area contributed by atoms with Crippen LogP contribution in [0.1, 0.15) is 24.1 Å². The van der Waals surface area contributed by atoms with Crippen LogP contribution in [0.5, 0.6) is 0 Å². The number of nitrogens with zero attached hydrogens (tertiary/aromatic N) is 2. The standard InChI is InChI=1S/C17H17ClN6O2S/c18-9-3-4-13-12(6-9)22-17(26)14(27-13)7-15(25)21-5-1-2-11-10(8-19)16(20)24-23-11/h3-4,6,14H,1-2,5,7H2,(H,21,25)(H,22,26)(H3,20,23,24)/t14-/m0/s1. The van der Waals surface area contributed by atoms with Crippen molar-refractivity contribution in [1.29, 1.82) is 5.26 Å². The Morgan fingerprint density at radius 3 is 3.07 bits per heavy atom. The number of aromatic nitrogens is 2. The summed E-state index contributed by atoms with van der Waals surface area (Å²) in [7, 11) is 0. The van der Waals surface area contributed by atoms with Gasteiger partial charge in [-0.3, -0.25) is 14.7 Å². The molecule has 0 bridgehead atoms. The minimum Gasteiger partial charge on any atom is -0.381 e. The van der Waals surface area contributed by atoms with Crippen molar-refractivity contribution in [3.63, 3.8) is 0 Å². The van der Waals surface area contributed by atoms with Crippen molar-refractivity contribution in [2.24, 2.45) is 0 Å². The summed E-state index contributed by atoms with van der Waals surface area (Å²) in [6.07, 6.45) is 1.24. The molecule has 0 fully saturated rings. The molecule has 0 aliphatic carbocycles. The van der Waals surface area contributed by atoms with E-state index in [9.17, 15) is 9.59 Å². The second kappa shape index (κ2) is 8.33. The third kappa shape index (κ3) is 4.53. The fourth-order valence-electron chi connectivity index (χ4n) is 2.69. The molecule has 3 rings (SSSR count). The van der Waals surface area contributed by atoms with Gasteiger partial charge in [-0.15, -0.1) is 11.8 Å². The van der Waals surface area contributed by atoms with Gasteiger partial charge in [-0.25, -0.2) is 0 Å². The minimum atomic E-state index is -0.490. The predicted octanol–water partition coefficient (Wildman–Crippen LogP) is 2.07. The molecular formula is C17H17ClN6O2S. The second-order valence-corrected chi connectivity index (χ2v) is 7.65. The van der Waals surface area contributed by atoms with Crippen molar-refractivity contribution in [3.8, 4) is 6.07 Å². The summed E-state index contributed by atoms with van der Waals surface area (Å²) in [6.45, 7) is 0.424. The van der Waals surface area contributed by atoms with E-state index < -0.39 is 5.25 Å². The summed E-state index contributed by atoms with van der Waals surface area (Å²) in [5.41, 5.74) is 7.25. The van der Waals surface area contributed by atoms with E-state index in [1.165, 1.54) is 11.8 Å². The molecule has 2 heterocycles. The summed E-state index contributed by atoms with van der Waals surface area (Å²) < 4.78 is 0. The van der Waals surface area contributed by atoms with Crippen LogP contribution in [0.4, 0.5) is 11.5 Å². The van der Waals surface area contributed by atoms with Gasteiger partial charge < -0.3 is 16.4 Å². The quantitative estimate of drug-likeness (QED) is 0.544. The molecule has 0 saturated heterocycles. The van der Waals surface area contributed by atoms with Gasteiger partial charge in [0.1, 0.15) is 11.6 Å². The van der Waals surface area contributed by atoms with Gasteiger partial charge in [0.15, 0.2) is 5.82 Å². The van der Waals surface area contributed by atoms with Crippen LogP contribution in [0.15, 0.2) is 23.1 Å². The van der Waals surface area contributed by atoms with Gasteiger partial charge in [0.05, 0.1) is 16.6 Å². The number of carbonyl (C=O) groups excluding carboxylic acids is 2. The molecule has 5 N–H and O–H groups in total. The van der Waals surface area contributed by atoms with Crippen LogP contribution >= 0.6 is 23.4 Å². The smallest absolute Gasteiger partial charge is 0.238 e. The van der Waals surface area contributed by atoms with Crippen LogP contribution in [0.2, 0.25) is 5.02 Å². The Morgan fingerprint density at radius 2 is 2.30 bits per heavy atom. The molecular weight excluding hydrogens is 388 g/mol. The lowest BCUT2D eigenvalue weighted by atomic mass is 10.1. The zero-order valence-electron chi connectivity index (χ0n) is 14.2. The van der Waals surface area contributed by atoms with Crippen molar-refractivity contribution < 1.29 is 9.59 Å². The van der Waals surface area contributed by atoms with Gasteiger partial charge in [-0.2, -0.15) is 10.4 Å². The fourth-order valence-corrected chi connectivity index (χ4v) is 3.95. The Morgan fingerprint density at radius 1 is 1.48 bits per heavy atom. The zero-order chi connectivity index (χ0) is 19.4. The van der Waals surface area contributed by atoms with Gasteiger partial charge >= 0.3 is 0 Å². The third-order valence-electron chi connectivity index (χ3n) is 4.04. The number of nitrogens with two attached hydrogens (primary N) is 1. The molecule has 10 heteroatoms. The van der Waals surface area contributed by atoms with Gasteiger partial charge in [-0.05, 0) is 31.0 Å². The molecule has 1 aromatic heterocycles. The number of benzene rings is 1. The number of fused-ring (bicyclic) bond motifs is 1. The fraction of sp³-hybridized carbons (Fsp3) is 0.294. The summed E-state index contributed by atoms with van der Waals surface area (Å²) in [6, 6.07) is 7.27. The van der Waals surface area contributed by atoms with Crippen LogP contribution in [0.3, 0.4) is 0 Å². The number of hydrogen-bond donors (Lipinski definition) is 4. The zero-order valence-corrected chi connectivity index (χ0v) is 15.8. The molecule has 1 atom stereocenters. The first kappa shape index (κ1) is 19.1. The molecule has 1 aliphatic heterocycles. The summed E-state index contributed by atoms with van der Waals surface area (Å²) in [5.74, 6) is -0.236. The Kier molecular flexibility index (Phi) is 5.88. The maximum atomic E-state index is 12.2. The van der Waals surface area contributed by atoms with E-state index in [4.69, 9.17) is 22.6 Å². The van der Waals surface area contributed by atoms with E-state index in [-0.39, 0.29) is 24.1 Å². The van der Waals surface area contributed by atoms with Gasteiger partial charge in [0.25, 0.3) is 0 Å². The van der Waals surface area contributed by atoms with E-state index in [0.29, 0.717) is 41.4 Å². The average Bonchev–Trinajstić information content (AvgIpc) is 2.99. The molecule has 2 aromatic rings. The highest BCUT2D eigenvalue weighted by molar-refractivity contribution is 8.01. The molecule has 0 radical (unpaired) electrons. The molecule has 0 unspecified atom stereocenters. The van der Waals surface area contributed by atoms with Crippen molar-refractivity contribution in [2.45, 2.75) is 29.4 Å². The average molecular weight is 405 g/mol. The third-order valence-corrected chi connectivity index (χ3v) is 5.55. The van der Waals surface area contributed by atoms with Crippen LogP contribution in [0, 0.1) is 11.3 Å². The Balaban J connectivity index is 1.46. The monoisotopic (exact) mass is 404 g/mol. The van der Waals surface area contributed by atoms with Crippen LogP contribution < -0.4 is 16.4 Å². The number of nitrogens with one attached hydrogen (secondary N) is 3. The number of H-pyrrole nitrogens is 1. The first-order valence-electron chi connectivity index (χ1n) is 8.24. The van der Waals surface area contributed by atoms with Crippen LogP contribution in [-0.4, -0.2) is 33.8 Å². The first-order chi connectivity index (χ1) is 13.0. The molecule has 0 saturated carbocycles.